The van der Waals surface area contributed by atoms with Gasteiger partial charge in [-0.05, 0) is 50.6 Å². The number of sulfonamides is 1. The van der Waals surface area contributed by atoms with Gasteiger partial charge in [-0.1, -0.05) is 6.07 Å². The number of carbonyl (C=O) groups is 1. The zero-order valence-corrected chi connectivity index (χ0v) is 12.2. The summed E-state index contributed by atoms with van der Waals surface area (Å²) in [6, 6.07) is 4.35. The molecule has 1 aromatic rings. The van der Waals surface area contributed by atoms with E-state index in [1.807, 2.05) is 0 Å². The van der Waals surface area contributed by atoms with Crippen LogP contribution in [-0.2, 0) is 10.0 Å². The Hall–Kier alpha value is -1.44. The van der Waals surface area contributed by atoms with Crippen LogP contribution in [0.2, 0.25) is 0 Å². The Balaban J connectivity index is 2.24. The molecule has 110 valence electrons. The fourth-order valence-corrected chi connectivity index (χ4v) is 3.59. The Kier molecular flexibility index (Phi) is 4.42. The van der Waals surface area contributed by atoms with Crippen molar-refractivity contribution in [3.8, 4) is 0 Å². The highest BCUT2D eigenvalue weighted by Crippen LogP contribution is 2.16. The van der Waals surface area contributed by atoms with Crippen LogP contribution in [0, 0.1) is 6.92 Å². The van der Waals surface area contributed by atoms with Gasteiger partial charge in [0, 0.05) is 11.6 Å². The van der Waals surface area contributed by atoms with Crippen molar-refractivity contribution in [3.63, 3.8) is 0 Å². The highest BCUT2D eigenvalue weighted by atomic mass is 32.2. The first-order valence-corrected chi connectivity index (χ1v) is 8.02. The smallest absolute Gasteiger partial charge is 0.249 e. The Morgan fingerprint density at radius 3 is 2.60 bits per heavy atom. The molecule has 7 heteroatoms. The van der Waals surface area contributed by atoms with Gasteiger partial charge in [-0.3, -0.25) is 4.79 Å². The van der Waals surface area contributed by atoms with Crippen LogP contribution in [0.3, 0.4) is 0 Å². The molecule has 1 aliphatic heterocycles. The predicted molar refractivity (Wildman–Crippen MR) is 75.9 cm³/mol. The van der Waals surface area contributed by atoms with Gasteiger partial charge in [0.05, 0.1) is 4.90 Å². The van der Waals surface area contributed by atoms with Crippen molar-refractivity contribution in [1.82, 2.24) is 10.0 Å². The molecule has 1 aromatic carbocycles. The number of hydrogen-bond acceptors (Lipinski definition) is 4. The molecule has 1 amide bonds. The molecule has 0 bridgehead atoms. The van der Waals surface area contributed by atoms with Crippen LogP contribution in [0.1, 0.15) is 28.8 Å². The number of benzene rings is 1. The van der Waals surface area contributed by atoms with E-state index >= 15 is 0 Å². The number of primary amides is 1. The Morgan fingerprint density at radius 1 is 1.35 bits per heavy atom. The first-order chi connectivity index (χ1) is 9.40. The Morgan fingerprint density at radius 2 is 2.00 bits per heavy atom. The first kappa shape index (κ1) is 15.0. The Labute approximate surface area is 118 Å². The van der Waals surface area contributed by atoms with Crippen molar-refractivity contribution in [2.75, 3.05) is 13.1 Å². The number of piperidine rings is 1. The second-order valence-corrected chi connectivity index (χ2v) is 6.70. The summed E-state index contributed by atoms with van der Waals surface area (Å²) in [7, 11) is -3.62. The van der Waals surface area contributed by atoms with Crippen molar-refractivity contribution in [3.05, 3.63) is 29.3 Å². The molecule has 0 radical (unpaired) electrons. The van der Waals surface area contributed by atoms with Crippen molar-refractivity contribution in [2.45, 2.75) is 30.7 Å². The molecule has 20 heavy (non-hydrogen) atoms. The number of aryl methyl sites for hydroxylation is 1. The minimum Gasteiger partial charge on any atom is -0.366 e. The van der Waals surface area contributed by atoms with Gasteiger partial charge >= 0.3 is 0 Å². The van der Waals surface area contributed by atoms with E-state index in [4.69, 9.17) is 5.73 Å². The summed E-state index contributed by atoms with van der Waals surface area (Å²) in [5.74, 6) is -0.624. The number of carbonyl (C=O) groups excluding carboxylic acids is 1. The van der Waals surface area contributed by atoms with E-state index in [2.05, 4.69) is 10.0 Å². The van der Waals surface area contributed by atoms with Crippen molar-refractivity contribution in [1.29, 1.82) is 0 Å². The highest BCUT2D eigenvalue weighted by molar-refractivity contribution is 7.89. The number of amides is 1. The summed E-state index contributed by atoms with van der Waals surface area (Å²) in [5, 5.41) is 3.18. The lowest BCUT2D eigenvalue weighted by Crippen LogP contribution is -2.42. The SMILES string of the molecule is Cc1ccc(S(=O)(=O)NC2CCNCC2)cc1C(N)=O. The van der Waals surface area contributed by atoms with E-state index in [0.29, 0.717) is 5.56 Å². The second-order valence-electron chi connectivity index (χ2n) is 4.99. The quantitative estimate of drug-likeness (QED) is 0.735. The van der Waals surface area contributed by atoms with Crippen molar-refractivity contribution >= 4 is 15.9 Å². The maximum absolute atomic E-state index is 12.3. The standard InChI is InChI=1S/C13H19N3O3S/c1-9-2-3-11(8-12(9)13(14)17)20(18,19)16-10-4-6-15-7-5-10/h2-3,8,10,15-16H,4-7H2,1H3,(H2,14,17). The number of rotatable bonds is 4. The maximum Gasteiger partial charge on any atom is 0.249 e. The van der Waals surface area contributed by atoms with Gasteiger partial charge in [0.25, 0.3) is 0 Å². The lowest BCUT2D eigenvalue weighted by Gasteiger charge is -2.23. The van der Waals surface area contributed by atoms with Crippen LogP contribution in [0.15, 0.2) is 23.1 Å². The van der Waals surface area contributed by atoms with E-state index in [9.17, 15) is 13.2 Å². The summed E-state index contributed by atoms with van der Waals surface area (Å²) < 4.78 is 27.3. The van der Waals surface area contributed by atoms with Gasteiger partial charge in [0.1, 0.15) is 0 Å². The first-order valence-electron chi connectivity index (χ1n) is 6.53. The number of nitrogens with one attached hydrogen (secondary N) is 2. The molecule has 0 atom stereocenters. The van der Waals surface area contributed by atoms with Gasteiger partial charge in [-0.2, -0.15) is 0 Å². The molecule has 0 unspecified atom stereocenters. The van der Waals surface area contributed by atoms with Gasteiger partial charge in [-0.15, -0.1) is 0 Å². The van der Waals surface area contributed by atoms with E-state index in [-0.39, 0.29) is 16.5 Å². The normalized spacial score (nSPS) is 17.1. The third-order valence-electron chi connectivity index (χ3n) is 3.45. The molecule has 1 fully saturated rings. The molecular formula is C13H19N3O3S. The third kappa shape index (κ3) is 3.36. The molecule has 0 aliphatic carbocycles. The highest BCUT2D eigenvalue weighted by Gasteiger charge is 2.22. The molecule has 1 aliphatic rings. The van der Waals surface area contributed by atoms with Crippen LogP contribution >= 0.6 is 0 Å². The molecule has 1 saturated heterocycles. The lowest BCUT2D eigenvalue weighted by molar-refractivity contribution is 0.0999. The summed E-state index contributed by atoms with van der Waals surface area (Å²) in [6.45, 7) is 3.32. The fraction of sp³-hybridized carbons (Fsp3) is 0.462. The van der Waals surface area contributed by atoms with Crippen LogP contribution in [0.25, 0.3) is 0 Å². The van der Waals surface area contributed by atoms with E-state index in [1.54, 1.807) is 13.0 Å². The van der Waals surface area contributed by atoms with E-state index in [0.717, 1.165) is 25.9 Å². The maximum atomic E-state index is 12.3. The van der Waals surface area contributed by atoms with E-state index < -0.39 is 15.9 Å². The average molecular weight is 297 g/mol. The van der Waals surface area contributed by atoms with Gasteiger partial charge in [0.15, 0.2) is 0 Å². The zero-order chi connectivity index (χ0) is 14.8. The largest absolute Gasteiger partial charge is 0.366 e. The number of hydrogen-bond donors (Lipinski definition) is 3. The lowest BCUT2D eigenvalue weighted by atomic mass is 10.1. The molecule has 0 saturated carbocycles. The molecular weight excluding hydrogens is 278 g/mol. The minimum absolute atomic E-state index is 0.0698. The summed E-state index contributed by atoms with van der Waals surface area (Å²) in [5.41, 5.74) is 6.15. The van der Waals surface area contributed by atoms with Crippen LogP contribution < -0.4 is 15.8 Å². The molecule has 4 N–H and O–H groups in total. The number of nitrogens with two attached hydrogens (primary N) is 1. The molecule has 1 heterocycles. The summed E-state index contributed by atoms with van der Waals surface area (Å²) in [4.78, 5) is 11.4. The molecule has 2 rings (SSSR count). The third-order valence-corrected chi connectivity index (χ3v) is 4.96. The van der Waals surface area contributed by atoms with Crippen molar-refractivity contribution < 1.29 is 13.2 Å². The van der Waals surface area contributed by atoms with E-state index in [1.165, 1.54) is 12.1 Å². The topological polar surface area (TPSA) is 101 Å². The van der Waals surface area contributed by atoms with Gasteiger partial charge < -0.3 is 11.1 Å². The average Bonchev–Trinajstić information content (AvgIpc) is 2.39. The van der Waals surface area contributed by atoms with Crippen molar-refractivity contribution in [2.24, 2.45) is 5.73 Å². The predicted octanol–water partition coefficient (Wildman–Crippen LogP) is 0.124. The van der Waals surface area contributed by atoms with Crippen LogP contribution in [0.4, 0.5) is 0 Å². The summed E-state index contributed by atoms with van der Waals surface area (Å²) in [6.07, 6.45) is 1.52. The monoisotopic (exact) mass is 297 g/mol. The van der Waals surface area contributed by atoms with Crippen LogP contribution in [0.5, 0.6) is 0 Å². The van der Waals surface area contributed by atoms with Gasteiger partial charge in [-0.25, -0.2) is 13.1 Å². The molecule has 0 aromatic heterocycles. The minimum atomic E-state index is -3.62. The zero-order valence-electron chi connectivity index (χ0n) is 11.3. The second kappa shape index (κ2) is 5.90. The molecule has 6 nitrogen and oxygen atoms in total. The Bertz CT molecular complexity index is 607. The fourth-order valence-electron chi connectivity index (χ4n) is 2.26. The molecule has 0 spiro atoms. The summed E-state index contributed by atoms with van der Waals surface area (Å²) >= 11 is 0. The van der Waals surface area contributed by atoms with Gasteiger partial charge in [0.2, 0.25) is 15.9 Å². The van der Waals surface area contributed by atoms with Crippen LogP contribution in [-0.4, -0.2) is 33.5 Å².